The average molecular weight is 471 g/mol. The summed E-state index contributed by atoms with van der Waals surface area (Å²) in [7, 11) is 1.54. The number of carboxylic acids is 1. The molecule has 25 heavy (non-hydrogen) atoms. The molecule has 0 aliphatic rings. The number of benzene rings is 2. The van der Waals surface area contributed by atoms with Crippen LogP contribution < -0.4 is 0 Å². The van der Waals surface area contributed by atoms with E-state index in [0.717, 1.165) is 14.5 Å². The van der Waals surface area contributed by atoms with Crippen molar-refractivity contribution in [3.8, 4) is 0 Å². The standard InChI is InChI=1S/C18H17Br2NO4/c1-11-9-13(19)3-5-15(11)17(22)21(2)25-8-7-12-10-14(20)4-6-16(12)18(23)24/h3-6,9-10H,7-8H2,1-2H3,(H,23,24). The summed E-state index contributed by atoms with van der Waals surface area (Å²) in [5, 5.41) is 10.4. The Morgan fingerprint density at radius 1 is 1.08 bits per heavy atom. The molecule has 2 aromatic rings. The molecule has 1 N–H and O–H groups in total. The van der Waals surface area contributed by atoms with Crippen molar-refractivity contribution in [2.75, 3.05) is 13.7 Å². The average Bonchev–Trinajstić information content (AvgIpc) is 2.54. The van der Waals surface area contributed by atoms with Gasteiger partial charge in [0.2, 0.25) is 0 Å². The SMILES string of the molecule is Cc1cc(Br)ccc1C(=O)N(C)OCCc1cc(Br)ccc1C(=O)O. The van der Waals surface area contributed by atoms with Crippen molar-refractivity contribution in [2.24, 2.45) is 0 Å². The molecule has 0 fully saturated rings. The summed E-state index contributed by atoms with van der Waals surface area (Å²) in [5.41, 5.74) is 2.27. The van der Waals surface area contributed by atoms with Crippen LogP contribution in [0.3, 0.4) is 0 Å². The summed E-state index contributed by atoms with van der Waals surface area (Å²) in [4.78, 5) is 29.2. The predicted octanol–water partition coefficient (Wildman–Crippen LogP) is 4.46. The molecule has 0 aliphatic carbocycles. The fraction of sp³-hybridized carbons (Fsp3) is 0.222. The quantitative estimate of drug-likeness (QED) is 0.632. The smallest absolute Gasteiger partial charge is 0.335 e. The molecule has 0 aliphatic heterocycles. The Hall–Kier alpha value is -1.70. The fourth-order valence-electron chi connectivity index (χ4n) is 2.37. The van der Waals surface area contributed by atoms with Gasteiger partial charge in [0, 0.05) is 21.6 Å². The summed E-state index contributed by atoms with van der Waals surface area (Å²) < 4.78 is 1.70. The molecular weight excluding hydrogens is 454 g/mol. The molecule has 2 aromatic carbocycles. The Morgan fingerprint density at radius 3 is 2.28 bits per heavy atom. The van der Waals surface area contributed by atoms with Crippen molar-refractivity contribution in [2.45, 2.75) is 13.3 Å². The number of carbonyl (C=O) groups is 2. The highest BCUT2D eigenvalue weighted by Gasteiger charge is 2.16. The molecule has 7 heteroatoms. The van der Waals surface area contributed by atoms with E-state index < -0.39 is 5.97 Å². The van der Waals surface area contributed by atoms with Crippen molar-refractivity contribution in [1.82, 2.24) is 5.06 Å². The number of hydrogen-bond acceptors (Lipinski definition) is 3. The lowest BCUT2D eigenvalue weighted by Crippen LogP contribution is -2.28. The highest BCUT2D eigenvalue weighted by Crippen LogP contribution is 2.19. The maximum atomic E-state index is 12.4. The molecule has 0 saturated heterocycles. The molecule has 0 bridgehead atoms. The molecule has 0 radical (unpaired) electrons. The largest absolute Gasteiger partial charge is 0.478 e. The van der Waals surface area contributed by atoms with E-state index >= 15 is 0 Å². The zero-order valence-electron chi connectivity index (χ0n) is 13.8. The van der Waals surface area contributed by atoms with Gasteiger partial charge in [-0.05, 0) is 60.9 Å². The van der Waals surface area contributed by atoms with E-state index in [1.807, 2.05) is 13.0 Å². The van der Waals surface area contributed by atoms with E-state index in [1.165, 1.54) is 5.06 Å². The van der Waals surface area contributed by atoms with Crippen LogP contribution in [-0.4, -0.2) is 35.7 Å². The van der Waals surface area contributed by atoms with Crippen molar-refractivity contribution in [1.29, 1.82) is 0 Å². The third-order valence-corrected chi connectivity index (χ3v) is 4.65. The van der Waals surface area contributed by atoms with E-state index in [4.69, 9.17) is 4.84 Å². The fourth-order valence-corrected chi connectivity index (χ4v) is 3.25. The zero-order chi connectivity index (χ0) is 18.6. The first kappa shape index (κ1) is 19.6. The van der Waals surface area contributed by atoms with Crippen molar-refractivity contribution < 1.29 is 19.5 Å². The van der Waals surface area contributed by atoms with E-state index in [2.05, 4.69) is 31.9 Å². The van der Waals surface area contributed by atoms with Gasteiger partial charge in [-0.2, -0.15) is 0 Å². The lowest BCUT2D eigenvalue weighted by atomic mass is 10.1. The van der Waals surface area contributed by atoms with Crippen LogP contribution in [0.5, 0.6) is 0 Å². The van der Waals surface area contributed by atoms with E-state index in [0.29, 0.717) is 17.5 Å². The van der Waals surface area contributed by atoms with E-state index in [-0.39, 0.29) is 18.1 Å². The highest BCUT2D eigenvalue weighted by molar-refractivity contribution is 9.10. The first-order valence-corrected chi connectivity index (χ1v) is 9.07. The Morgan fingerprint density at radius 2 is 1.68 bits per heavy atom. The number of amides is 1. The number of hydroxylamine groups is 2. The molecule has 5 nitrogen and oxygen atoms in total. The third-order valence-electron chi connectivity index (χ3n) is 3.66. The summed E-state index contributed by atoms with van der Waals surface area (Å²) in [6, 6.07) is 10.4. The van der Waals surface area contributed by atoms with E-state index in [9.17, 15) is 14.7 Å². The monoisotopic (exact) mass is 469 g/mol. The van der Waals surface area contributed by atoms with Gasteiger partial charge in [-0.3, -0.25) is 9.63 Å². The molecule has 2 rings (SSSR count). The lowest BCUT2D eigenvalue weighted by molar-refractivity contribution is -0.104. The first-order valence-electron chi connectivity index (χ1n) is 7.48. The second-order valence-electron chi connectivity index (χ2n) is 5.45. The summed E-state index contributed by atoms with van der Waals surface area (Å²) in [6.07, 6.45) is 0.373. The van der Waals surface area contributed by atoms with Crippen LogP contribution in [0.15, 0.2) is 45.3 Å². The van der Waals surface area contributed by atoms with Crippen molar-refractivity contribution in [3.63, 3.8) is 0 Å². The minimum Gasteiger partial charge on any atom is -0.478 e. The normalized spacial score (nSPS) is 10.6. The molecule has 0 atom stereocenters. The van der Waals surface area contributed by atoms with Gasteiger partial charge in [-0.25, -0.2) is 9.86 Å². The Balaban J connectivity index is 2.01. The zero-order valence-corrected chi connectivity index (χ0v) is 16.9. The van der Waals surface area contributed by atoms with Gasteiger partial charge in [0.25, 0.3) is 5.91 Å². The van der Waals surface area contributed by atoms with Gasteiger partial charge in [0.15, 0.2) is 0 Å². The second-order valence-corrected chi connectivity index (χ2v) is 7.28. The van der Waals surface area contributed by atoms with E-state index in [1.54, 1.807) is 37.4 Å². The summed E-state index contributed by atoms with van der Waals surface area (Å²) in [5.74, 6) is -1.24. The molecule has 0 heterocycles. The number of aryl methyl sites for hydroxylation is 1. The van der Waals surface area contributed by atoms with Crippen molar-refractivity contribution >= 4 is 43.7 Å². The minimum absolute atomic E-state index is 0.189. The number of nitrogens with zero attached hydrogens (tertiary/aromatic N) is 1. The van der Waals surface area contributed by atoms with Crippen LogP contribution in [0.25, 0.3) is 0 Å². The second kappa shape index (κ2) is 8.60. The van der Waals surface area contributed by atoms with Gasteiger partial charge in [0.05, 0.1) is 12.2 Å². The van der Waals surface area contributed by atoms with Crippen molar-refractivity contribution in [3.05, 3.63) is 67.6 Å². The van der Waals surface area contributed by atoms with Crippen LogP contribution in [0, 0.1) is 6.92 Å². The molecule has 0 saturated carbocycles. The predicted molar refractivity (Wildman–Crippen MR) is 102 cm³/mol. The molecule has 1 amide bonds. The van der Waals surface area contributed by atoms with Crippen LogP contribution in [0.2, 0.25) is 0 Å². The van der Waals surface area contributed by atoms with Crippen LogP contribution in [0.4, 0.5) is 0 Å². The molecule has 0 unspecified atom stereocenters. The lowest BCUT2D eigenvalue weighted by Gasteiger charge is -2.18. The number of aromatic carboxylic acids is 1. The highest BCUT2D eigenvalue weighted by atomic mass is 79.9. The Labute approximate surface area is 162 Å². The van der Waals surface area contributed by atoms with Gasteiger partial charge in [0.1, 0.15) is 0 Å². The Bertz CT molecular complexity index is 808. The first-order chi connectivity index (χ1) is 11.8. The molecular formula is C18H17Br2NO4. The van der Waals surface area contributed by atoms with Gasteiger partial charge >= 0.3 is 5.97 Å². The summed E-state index contributed by atoms with van der Waals surface area (Å²) in [6.45, 7) is 2.04. The molecule has 0 aromatic heterocycles. The maximum Gasteiger partial charge on any atom is 0.335 e. The van der Waals surface area contributed by atoms with Crippen LogP contribution >= 0.6 is 31.9 Å². The van der Waals surface area contributed by atoms with Crippen LogP contribution in [-0.2, 0) is 11.3 Å². The number of rotatable bonds is 6. The molecule has 132 valence electrons. The minimum atomic E-state index is -0.989. The number of carboxylic acid groups (broad SMARTS) is 1. The molecule has 0 spiro atoms. The maximum absolute atomic E-state index is 12.4. The number of carbonyl (C=O) groups excluding carboxylic acids is 1. The number of hydrogen-bond donors (Lipinski definition) is 1. The van der Waals surface area contributed by atoms with Gasteiger partial charge in [-0.1, -0.05) is 31.9 Å². The topological polar surface area (TPSA) is 66.8 Å². The Kier molecular flexibility index (Phi) is 6.75. The number of halogens is 2. The summed E-state index contributed by atoms with van der Waals surface area (Å²) >= 11 is 6.70. The van der Waals surface area contributed by atoms with Gasteiger partial charge < -0.3 is 5.11 Å². The van der Waals surface area contributed by atoms with Crippen LogP contribution in [0.1, 0.15) is 31.8 Å². The third kappa shape index (κ3) is 5.14. The van der Waals surface area contributed by atoms with Gasteiger partial charge in [-0.15, -0.1) is 0 Å².